The molecule has 0 unspecified atom stereocenters. The molecule has 1 aromatic heterocycles. The van der Waals surface area contributed by atoms with Gasteiger partial charge >= 0.3 is 0 Å². The molecule has 0 atom stereocenters. The van der Waals surface area contributed by atoms with Crippen LogP contribution < -0.4 is 9.47 Å². The minimum Gasteiger partial charge on any atom is -0.489 e. The highest BCUT2D eigenvalue weighted by molar-refractivity contribution is 6.34. The second-order valence-electron chi connectivity index (χ2n) is 7.45. The van der Waals surface area contributed by atoms with E-state index in [2.05, 4.69) is 18.9 Å². The van der Waals surface area contributed by atoms with Crippen LogP contribution in [0.4, 0.5) is 4.39 Å². The smallest absolute Gasteiger partial charge is 0.158 e. The molecule has 1 aliphatic rings. The molecule has 7 heteroatoms. The van der Waals surface area contributed by atoms with Gasteiger partial charge in [-0.25, -0.2) is 4.39 Å². The largest absolute Gasteiger partial charge is 0.489 e. The summed E-state index contributed by atoms with van der Waals surface area (Å²) in [5, 5.41) is 5.72. The third kappa shape index (κ3) is 3.98. The van der Waals surface area contributed by atoms with Crippen LogP contribution in [-0.4, -0.2) is 22.7 Å². The summed E-state index contributed by atoms with van der Waals surface area (Å²) < 4.78 is 27.5. The van der Waals surface area contributed by atoms with E-state index < -0.39 is 5.82 Å². The van der Waals surface area contributed by atoms with E-state index in [4.69, 9.17) is 21.1 Å². The summed E-state index contributed by atoms with van der Waals surface area (Å²) >= 11 is 6.31. The summed E-state index contributed by atoms with van der Waals surface area (Å²) in [7, 11) is 0. The van der Waals surface area contributed by atoms with Crippen molar-refractivity contribution >= 4 is 34.9 Å². The van der Waals surface area contributed by atoms with Gasteiger partial charge in [-0.15, -0.1) is 0 Å². The third-order valence-corrected chi connectivity index (χ3v) is 4.93. The Hall–Kier alpha value is -2.86. The number of rotatable bonds is 6. The number of halogens is 2. The van der Waals surface area contributed by atoms with E-state index in [1.807, 2.05) is 22.9 Å². The zero-order valence-corrected chi connectivity index (χ0v) is 16.9. The van der Waals surface area contributed by atoms with E-state index >= 15 is 0 Å². The molecular formula is C22H20ClFN2O3. The van der Waals surface area contributed by atoms with Crippen molar-refractivity contribution in [1.82, 2.24) is 9.78 Å². The van der Waals surface area contributed by atoms with Crippen LogP contribution in [0.25, 0.3) is 17.0 Å². The number of aldehydes is 1. The Morgan fingerprint density at radius 3 is 2.93 bits per heavy atom. The van der Waals surface area contributed by atoms with E-state index in [0.29, 0.717) is 34.4 Å². The molecule has 1 aliphatic heterocycles. The molecule has 0 radical (unpaired) electrons. The lowest BCUT2D eigenvalue weighted by atomic mass is 10.1. The fourth-order valence-corrected chi connectivity index (χ4v) is 3.54. The molecule has 0 spiro atoms. The topological polar surface area (TPSA) is 53.4 Å². The van der Waals surface area contributed by atoms with E-state index in [-0.39, 0.29) is 18.8 Å². The van der Waals surface area contributed by atoms with E-state index in [1.165, 1.54) is 12.1 Å². The minimum atomic E-state index is -0.495. The van der Waals surface area contributed by atoms with Crippen molar-refractivity contribution in [2.75, 3.05) is 6.61 Å². The quantitative estimate of drug-likeness (QED) is 0.530. The molecule has 0 bridgehead atoms. The number of aromatic nitrogens is 2. The van der Waals surface area contributed by atoms with Crippen LogP contribution in [0.5, 0.6) is 11.5 Å². The highest BCUT2D eigenvalue weighted by Gasteiger charge is 2.17. The Morgan fingerprint density at radius 1 is 1.34 bits per heavy atom. The first kappa shape index (κ1) is 19.5. The number of benzene rings is 2. The summed E-state index contributed by atoms with van der Waals surface area (Å²) in [6.07, 6.45) is 2.16. The summed E-state index contributed by atoms with van der Waals surface area (Å²) in [6.45, 7) is 5.40. The highest BCUT2D eigenvalue weighted by atomic mass is 35.5. The van der Waals surface area contributed by atoms with Crippen LogP contribution in [0.1, 0.15) is 25.0 Å². The lowest BCUT2D eigenvalue weighted by Crippen LogP contribution is -2.09. The number of ether oxygens (including phenoxy) is 2. The lowest BCUT2D eigenvalue weighted by Gasteiger charge is -2.17. The maximum Gasteiger partial charge on any atom is 0.158 e. The third-order valence-electron chi connectivity index (χ3n) is 4.65. The molecule has 3 aromatic rings. The van der Waals surface area contributed by atoms with Gasteiger partial charge < -0.3 is 9.47 Å². The van der Waals surface area contributed by atoms with Gasteiger partial charge in [-0.05, 0) is 29.7 Å². The molecule has 0 aliphatic carbocycles. The predicted octanol–water partition coefficient (Wildman–Crippen LogP) is 5.04. The molecule has 29 heavy (non-hydrogen) atoms. The molecule has 2 aromatic carbocycles. The van der Waals surface area contributed by atoms with Crippen LogP contribution >= 0.6 is 11.6 Å². The van der Waals surface area contributed by atoms with Crippen LogP contribution in [0.15, 0.2) is 35.9 Å². The second kappa shape index (κ2) is 7.87. The van der Waals surface area contributed by atoms with Gasteiger partial charge in [0.15, 0.2) is 5.15 Å². The normalized spacial score (nSPS) is 13.2. The highest BCUT2D eigenvalue weighted by Crippen LogP contribution is 2.33. The predicted molar refractivity (Wildman–Crippen MR) is 110 cm³/mol. The van der Waals surface area contributed by atoms with Gasteiger partial charge in [0.1, 0.15) is 36.8 Å². The monoisotopic (exact) mass is 414 g/mol. The fourth-order valence-electron chi connectivity index (χ4n) is 3.30. The SMILES string of the molecule is CC(C)Cn1nc(Cl)c2cc(COc3cc(F)c4c(c3)OCC(C=O)=C4)ccc21. The zero-order chi connectivity index (χ0) is 20.5. The number of hydrogen-bond acceptors (Lipinski definition) is 4. The first-order valence-electron chi connectivity index (χ1n) is 9.34. The molecule has 0 amide bonds. The second-order valence-corrected chi connectivity index (χ2v) is 7.81. The van der Waals surface area contributed by atoms with Crippen LogP contribution in [0, 0.1) is 11.7 Å². The molecule has 0 saturated heterocycles. The molecule has 0 fully saturated rings. The van der Waals surface area contributed by atoms with Crippen molar-refractivity contribution in [3.63, 3.8) is 0 Å². The Morgan fingerprint density at radius 2 is 2.17 bits per heavy atom. The molecule has 2 heterocycles. The minimum absolute atomic E-state index is 0.120. The number of carbonyl (C=O) groups is 1. The van der Waals surface area contributed by atoms with Crippen molar-refractivity contribution in [3.05, 3.63) is 58.0 Å². The van der Waals surface area contributed by atoms with Gasteiger partial charge in [-0.3, -0.25) is 9.48 Å². The van der Waals surface area contributed by atoms with Crippen LogP contribution in [0.3, 0.4) is 0 Å². The van der Waals surface area contributed by atoms with E-state index in [1.54, 1.807) is 6.07 Å². The van der Waals surface area contributed by atoms with Crippen molar-refractivity contribution < 1.29 is 18.7 Å². The number of carbonyl (C=O) groups excluding carboxylic acids is 1. The van der Waals surface area contributed by atoms with Crippen molar-refractivity contribution in [2.24, 2.45) is 5.92 Å². The van der Waals surface area contributed by atoms with Gasteiger partial charge in [0.2, 0.25) is 0 Å². The van der Waals surface area contributed by atoms with Gasteiger partial charge in [-0.2, -0.15) is 5.10 Å². The lowest BCUT2D eigenvalue weighted by molar-refractivity contribution is -0.105. The maximum atomic E-state index is 14.4. The van der Waals surface area contributed by atoms with E-state index in [9.17, 15) is 9.18 Å². The number of fused-ring (bicyclic) bond motifs is 2. The van der Waals surface area contributed by atoms with Crippen molar-refractivity contribution in [2.45, 2.75) is 27.0 Å². The van der Waals surface area contributed by atoms with Crippen molar-refractivity contribution in [1.29, 1.82) is 0 Å². The number of nitrogens with zero attached hydrogens (tertiary/aromatic N) is 2. The summed E-state index contributed by atoms with van der Waals surface area (Å²) in [6, 6.07) is 8.77. The van der Waals surface area contributed by atoms with Gasteiger partial charge in [0.05, 0.1) is 11.1 Å². The number of hydrogen-bond donors (Lipinski definition) is 0. The Bertz CT molecular complexity index is 1120. The molecule has 150 valence electrons. The Kier molecular flexibility index (Phi) is 5.28. The zero-order valence-electron chi connectivity index (χ0n) is 16.1. The average Bonchev–Trinajstić information content (AvgIpc) is 3.00. The molecular weight excluding hydrogens is 395 g/mol. The standard InChI is InChI=1S/C22H20ClFN2O3/c1-13(2)9-26-20-4-3-14(5-18(20)22(23)25-26)11-28-16-7-19(24)17-6-15(10-27)12-29-21(17)8-16/h3-8,10,13H,9,11-12H2,1-2H3. The van der Waals surface area contributed by atoms with E-state index in [0.717, 1.165) is 23.0 Å². The Balaban J connectivity index is 1.54. The maximum absolute atomic E-state index is 14.4. The molecule has 5 nitrogen and oxygen atoms in total. The summed E-state index contributed by atoms with van der Waals surface area (Å²) in [4.78, 5) is 10.9. The first-order valence-corrected chi connectivity index (χ1v) is 9.72. The Labute approximate surface area is 172 Å². The molecule has 0 saturated carbocycles. The van der Waals surface area contributed by atoms with Gasteiger partial charge in [-0.1, -0.05) is 31.5 Å². The van der Waals surface area contributed by atoms with Crippen molar-refractivity contribution in [3.8, 4) is 11.5 Å². The fraction of sp³-hybridized carbons (Fsp3) is 0.273. The first-order chi connectivity index (χ1) is 13.9. The summed E-state index contributed by atoms with van der Waals surface area (Å²) in [5.74, 6) is 0.672. The summed E-state index contributed by atoms with van der Waals surface area (Å²) in [5.41, 5.74) is 2.52. The molecule has 0 N–H and O–H groups in total. The van der Waals surface area contributed by atoms with Crippen LogP contribution in [0.2, 0.25) is 5.15 Å². The molecule has 4 rings (SSSR count). The van der Waals surface area contributed by atoms with Crippen LogP contribution in [-0.2, 0) is 17.9 Å². The van der Waals surface area contributed by atoms with Gasteiger partial charge in [0, 0.05) is 29.6 Å². The van der Waals surface area contributed by atoms with Gasteiger partial charge in [0.25, 0.3) is 0 Å². The average molecular weight is 415 g/mol.